The Kier molecular flexibility index (Phi) is 4.66. The summed E-state index contributed by atoms with van der Waals surface area (Å²) in [4.78, 5) is 22.6. The van der Waals surface area contributed by atoms with E-state index < -0.39 is 5.97 Å². The minimum Gasteiger partial charge on any atom is -0.478 e. The van der Waals surface area contributed by atoms with Crippen LogP contribution in [0.3, 0.4) is 0 Å². The van der Waals surface area contributed by atoms with Crippen LogP contribution in [-0.2, 0) is 17.8 Å². The van der Waals surface area contributed by atoms with E-state index >= 15 is 0 Å². The van der Waals surface area contributed by atoms with E-state index in [1.54, 1.807) is 24.3 Å². The number of hydrogen-bond donors (Lipinski definition) is 2. The third-order valence-electron chi connectivity index (χ3n) is 2.94. The van der Waals surface area contributed by atoms with Crippen molar-refractivity contribution in [1.29, 1.82) is 0 Å². The number of benzene rings is 2. The van der Waals surface area contributed by atoms with Crippen molar-refractivity contribution in [2.75, 3.05) is 0 Å². The smallest absolute Gasteiger partial charge is 0.335 e. The summed E-state index contributed by atoms with van der Waals surface area (Å²) >= 11 is 0. The molecule has 0 atom stereocenters. The number of halogens is 1. The van der Waals surface area contributed by atoms with Crippen molar-refractivity contribution in [1.82, 2.24) is 5.32 Å². The normalized spacial score (nSPS) is 10.1. The second kappa shape index (κ2) is 6.65. The summed E-state index contributed by atoms with van der Waals surface area (Å²) in [6.45, 7) is 0.251. The first-order valence-electron chi connectivity index (χ1n) is 6.38. The predicted octanol–water partition coefficient (Wildman–Crippen LogP) is 2.38. The highest BCUT2D eigenvalue weighted by Gasteiger charge is 2.06. The van der Waals surface area contributed by atoms with Crippen LogP contribution < -0.4 is 5.32 Å². The molecule has 2 aromatic rings. The van der Waals surface area contributed by atoms with Gasteiger partial charge >= 0.3 is 5.97 Å². The van der Waals surface area contributed by atoms with E-state index in [0.717, 1.165) is 0 Å². The summed E-state index contributed by atoms with van der Waals surface area (Å²) in [5.41, 5.74) is 1.61. The van der Waals surface area contributed by atoms with Crippen molar-refractivity contribution in [3.05, 3.63) is 71.0 Å². The quantitative estimate of drug-likeness (QED) is 0.887. The number of carbonyl (C=O) groups excluding carboxylic acids is 1. The first-order chi connectivity index (χ1) is 10.0. The van der Waals surface area contributed by atoms with Crippen LogP contribution in [0, 0.1) is 5.82 Å². The molecular formula is C16H14FNO3. The molecule has 1 amide bonds. The van der Waals surface area contributed by atoms with E-state index in [1.165, 1.54) is 24.3 Å². The summed E-state index contributed by atoms with van der Waals surface area (Å²) in [6, 6.07) is 12.1. The largest absolute Gasteiger partial charge is 0.478 e. The molecule has 2 rings (SSSR count). The Morgan fingerprint density at radius 3 is 2.43 bits per heavy atom. The van der Waals surface area contributed by atoms with Gasteiger partial charge in [-0.25, -0.2) is 9.18 Å². The van der Waals surface area contributed by atoms with Crippen molar-refractivity contribution >= 4 is 11.9 Å². The number of nitrogens with one attached hydrogen (secondary N) is 1. The molecule has 0 heterocycles. The lowest BCUT2D eigenvalue weighted by atomic mass is 10.1. The second-order valence-corrected chi connectivity index (χ2v) is 4.59. The van der Waals surface area contributed by atoms with Crippen LogP contribution in [0.4, 0.5) is 4.39 Å². The lowest BCUT2D eigenvalue weighted by molar-refractivity contribution is -0.120. The van der Waals surface area contributed by atoms with Gasteiger partial charge in [0.25, 0.3) is 0 Å². The maximum Gasteiger partial charge on any atom is 0.335 e. The Morgan fingerprint density at radius 2 is 1.76 bits per heavy atom. The fourth-order valence-electron chi connectivity index (χ4n) is 1.87. The van der Waals surface area contributed by atoms with Crippen LogP contribution in [0.2, 0.25) is 0 Å². The number of amides is 1. The lowest BCUT2D eigenvalue weighted by Gasteiger charge is -2.06. The number of carboxylic acid groups (broad SMARTS) is 1. The SMILES string of the molecule is O=C(Cc1ccc(F)cc1)NCc1cccc(C(=O)O)c1. The zero-order valence-corrected chi connectivity index (χ0v) is 11.2. The fraction of sp³-hybridized carbons (Fsp3) is 0.125. The molecule has 0 aromatic heterocycles. The number of hydrogen-bond acceptors (Lipinski definition) is 2. The van der Waals surface area contributed by atoms with Gasteiger partial charge in [0.15, 0.2) is 0 Å². The lowest BCUT2D eigenvalue weighted by Crippen LogP contribution is -2.24. The highest BCUT2D eigenvalue weighted by atomic mass is 19.1. The van der Waals surface area contributed by atoms with Gasteiger partial charge in [-0.2, -0.15) is 0 Å². The molecule has 4 nitrogen and oxygen atoms in total. The second-order valence-electron chi connectivity index (χ2n) is 4.59. The van der Waals surface area contributed by atoms with Gasteiger partial charge in [-0.05, 0) is 35.4 Å². The summed E-state index contributed by atoms with van der Waals surface area (Å²) in [7, 11) is 0. The van der Waals surface area contributed by atoms with E-state index in [1.807, 2.05) is 0 Å². The number of aromatic carboxylic acids is 1. The van der Waals surface area contributed by atoms with Gasteiger partial charge in [0.2, 0.25) is 5.91 Å². The molecule has 2 aromatic carbocycles. The fourth-order valence-corrected chi connectivity index (χ4v) is 1.87. The highest BCUT2D eigenvalue weighted by molar-refractivity contribution is 5.87. The third-order valence-corrected chi connectivity index (χ3v) is 2.94. The molecule has 0 unspecified atom stereocenters. The maximum absolute atomic E-state index is 12.7. The monoisotopic (exact) mass is 287 g/mol. The summed E-state index contributed by atoms with van der Waals surface area (Å²) < 4.78 is 12.7. The molecule has 0 aliphatic heterocycles. The highest BCUT2D eigenvalue weighted by Crippen LogP contribution is 2.06. The Bertz CT molecular complexity index is 653. The molecule has 0 saturated carbocycles. The van der Waals surface area contributed by atoms with E-state index in [4.69, 9.17) is 5.11 Å². The van der Waals surface area contributed by atoms with Crippen molar-refractivity contribution in [2.45, 2.75) is 13.0 Å². The number of rotatable bonds is 5. The van der Waals surface area contributed by atoms with E-state index in [0.29, 0.717) is 11.1 Å². The Morgan fingerprint density at radius 1 is 1.05 bits per heavy atom. The summed E-state index contributed by atoms with van der Waals surface area (Å²) in [5, 5.41) is 11.6. The maximum atomic E-state index is 12.7. The average Bonchev–Trinajstić information content (AvgIpc) is 2.48. The molecule has 2 N–H and O–H groups in total. The topological polar surface area (TPSA) is 66.4 Å². The van der Waals surface area contributed by atoms with Gasteiger partial charge in [0.1, 0.15) is 5.82 Å². The van der Waals surface area contributed by atoms with Crippen LogP contribution in [-0.4, -0.2) is 17.0 Å². The van der Waals surface area contributed by atoms with Crippen LogP contribution in [0.25, 0.3) is 0 Å². The molecule has 5 heteroatoms. The Hall–Kier alpha value is -2.69. The number of carbonyl (C=O) groups is 2. The molecular weight excluding hydrogens is 273 g/mol. The Labute approximate surface area is 121 Å². The van der Waals surface area contributed by atoms with Crippen LogP contribution in [0.5, 0.6) is 0 Å². The van der Waals surface area contributed by atoms with Crippen molar-refractivity contribution in [2.24, 2.45) is 0 Å². The van der Waals surface area contributed by atoms with Gasteiger partial charge in [0, 0.05) is 6.54 Å². The van der Waals surface area contributed by atoms with E-state index in [2.05, 4.69) is 5.32 Å². The van der Waals surface area contributed by atoms with Gasteiger partial charge in [-0.1, -0.05) is 24.3 Å². The molecule has 0 radical (unpaired) electrons. The van der Waals surface area contributed by atoms with Crippen molar-refractivity contribution in [3.8, 4) is 0 Å². The predicted molar refractivity (Wildman–Crippen MR) is 75.4 cm³/mol. The number of carboxylic acids is 1. The first kappa shape index (κ1) is 14.7. The third kappa shape index (κ3) is 4.42. The summed E-state index contributed by atoms with van der Waals surface area (Å²) in [5.74, 6) is -1.55. The van der Waals surface area contributed by atoms with Crippen LogP contribution in [0.1, 0.15) is 21.5 Å². The first-order valence-corrected chi connectivity index (χ1v) is 6.38. The molecule has 0 bridgehead atoms. The Balaban J connectivity index is 1.90. The van der Waals surface area contributed by atoms with Gasteiger partial charge in [0.05, 0.1) is 12.0 Å². The van der Waals surface area contributed by atoms with Crippen LogP contribution in [0.15, 0.2) is 48.5 Å². The minimum absolute atomic E-state index is 0.152. The van der Waals surface area contributed by atoms with Crippen molar-refractivity contribution < 1.29 is 19.1 Å². The van der Waals surface area contributed by atoms with E-state index in [9.17, 15) is 14.0 Å². The molecule has 0 fully saturated rings. The zero-order chi connectivity index (χ0) is 15.2. The average molecular weight is 287 g/mol. The molecule has 108 valence electrons. The molecule has 0 aliphatic carbocycles. The molecule has 0 spiro atoms. The molecule has 0 aliphatic rings. The van der Waals surface area contributed by atoms with E-state index in [-0.39, 0.29) is 30.3 Å². The van der Waals surface area contributed by atoms with Gasteiger partial charge in [-0.15, -0.1) is 0 Å². The summed E-state index contributed by atoms with van der Waals surface area (Å²) in [6.07, 6.45) is 0.152. The van der Waals surface area contributed by atoms with Crippen LogP contribution >= 0.6 is 0 Å². The minimum atomic E-state index is -1.01. The standard InChI is InChI=1S/C16H14FNO3/c17-14-6-4-11(5-7-14)9-15(19)18-10-12-2-1-3-13(8-12)16(20)21/h1-8H,9-10H2,(H,18,19)(H,20,21). The van der Waals surface area contributed by atoms with Crippen molar-refractivity contribution in [3.63, 3.8) is 0 Å². The van der Waals surface area contributed by atoms with Gasteiger partial charge < -0.3 is 10.4 Å². The molecule has 21 heavy (non-hydrogen) atoms. The zero-order valence-electron chi connectivity index (χ0n) is 11.2. The van der Waals surface area contributed by atoms with Gasteiger partial charge in [-0.3, -0.25) is 4.79 Å². The molecule has 0 saturated heterocycles.